The molecule has 4 heterocycles. The Morgan fingerprint density at radius 1 is 0.435 bits per heavy atom. The molecule has 4 fully saturated rings. The number of hydrazine groups is 1. The van der Waals surface area contributed by atoms with Gasteiger partial charge in [0.15, 0.2) is 0 Å². The van der Waals surface area contributed by atoms with Crippen LogP contribution in [0.5, 0.6) is 0 Å². The van der Waals surface area contributed by atoms with Gasteiger partial charge in [-0.3, -0.25) is 19.2 Å². The summed E-state index contributed by atoms with van der Waals surface area (Å²) in [4.78, 5) is 60.7. The van der Waals surface area contributed by atoms with Gasteiger partial charge in [0.25, 0.3) is 11.8 Å². The van der Waals surface area contributed by atoms with E-state index in [-0.39, 0.29) is 23.6 Å². The predicted octanol–water partition coefficient (Wildman–Crippen LogP) is 5.26. The fourth-order valence-electron chi connectivity index (χ4n) is 8.07. The lowest BCUT2D eigenvalue weighted by atomic mass is 9.84. The van der Waals surface area contributed by atoms with Gasteiger partial charge >= 0.3 is 0 Å². The van der Waals surface area contributed by atoms with Gasteiger partial charge in [0.05, 0.1) is 35.3 Å². The number of hydrogen-bond donors (Lipinski definition) is 0. The summed E-state index contributed by atoms with van der Waals surface area (Å²) in [6.07, 6.45) is 1.69. The zero-order valence-electron chi connectivity index (χ0n) is 25.7. The molecule has 0 aromatic heterocycles. The summed E-state index contributed by atoms with van der Waals surface area (Å²) in [6.45, 7) is 4.12. The van der Waals surface area contributed by atoms with Gasteiger partial charge in [0.2, 0.25) is 11.8 Å². The summed E-state index contributed by atoms with van der Waals surface area (Å²) in [6, 6.07) is 31.3. The Hall–Kier alpha value is -4.92. The van der Waals surface area contributed by atoms with Crippen LogP contribution in [-0.2, 0) is 32.0 Å². The average Bonchev–Trinajstić information content (AvgIpc) is 3.77. The van der Waals surface area contributed by atoms with E-state index in [0.717, 1.165) is 35.1 Å². The summed E-state index contributed by atoms with van der Waals surface area (Å²) < 4.78 is 0. The van der Waals surface area contributed by atoms with Crippen molar-refractivity contribution in [1.82, 2.24) is 10.0 Å². The van der Waals surface area contributed by atoms with Crippen LogP contribution in [0, 0.1) is 11.8 Å². The minimum Gasteiger partial charge on any atom is -0.274 e. The van der Waals surface area contributed by atoms with Gasteiger partial charge in [-0.05, 0) is 59.4 Å². The van der Waals surface area contributed by atoms with E-state index in [1.807, 2.05) is 119 Å². The predicted molar refractivity (Wildman–Crippen MR) is 173 cm³/mol. The second-order valence-corrected chi connectivity index (χ2v) is 12.5. The van der Waals surface area contributed by atoms with Crippen molar-refractivity contribution in [2.75, 3.05) is 9.80 Å². The number of benzene rings is 4. The number of anilines is 2. The topological polar surface area (TPSA) is 81.2 Å². The maximum Gasteiger partial charge on any atom is 0.253 e. The van der Waals surface area contributed by atoms with Gasteiger partial charge in [-0.1, -0.05) is 98.8 Å². The molecule has 8 rings (SSSR count). The lowest BCUT2D eigenvalue weighted by Crippen LogP contribution is -2.50. The van der Waals surface area contributed by atoms with Crippen LogP contribution >= 0.6 is 0 Å². The highest BCUT2D eigenvalue weighted by atomic mass is 16.2. The minimum atomic E-state index is -0.878. The summed E-state index contributed by atoms with van der Waals surface area (Å²) in [5, 5.41) is 3.84. The molecule has 8 nitrogen and oxygen atoms in total. The summed E-state index contributed by atoms with van der Waals surface area (Å²) >= 11 is 0. The SMILES string of the molecule is CCc1ccc(N2C(=O)C3C(C2=O)N2C(c4ccccc4)C4C(=O)N(c5ccc(CC)cc5)C(=O)C4N2C3c2ccccc2)cc1. The van der Waals surface area contributed by atoms with Gasteiger partial charge in [0.1, 0.15) is 12.1 Å². The Kier molecular flexibility index (Phi) is 6.74. The lowest BCUT2D eigenvalue weighted by molar-refractivity contribution is -0.136. The van der Waals surface area contributed by atoms with Gasteiger partial charge in [-0.25, -0.2) is 19.8 Å². The minimum absolute atomic E-state index is 0.297. The van der Waals surface area contributed by atoms with E-state index in [0.29, 0.717) is 11.4 Å². The largest absolute Gasteiger partial charge is 0.274 e. The molecular formula is C38H34N4O4. The molecule has 0 spiro atoms. The van der Waals surface area contributed by atoms with E-state index in [1.54, 1.807) is 0 Å². The highest BCUT2D eigenvalue weighted by Crippen LogP contribution is 2.59. The highest BCUT2D eigenvalue weighted by Gasteiger charge is 2.73. The molecule has 4 aliphatic heterocycles. The van der Waals surface area contributed by atoms with Gasteiger partial charge in [-0.2, -0.15) is 0 Å². The van der Waals surface area contributed by atoms with Crippen molar-refractivity contribution >= 4 is 35.0 Å². The number of rotatable bonds is 6. The van der Waals surface area contributed by atoms with Crippen LogP contribution in [0.4, 0.5) is 11.4 Å². The Morgan fingerprint density at radius 3 is 1.11 bits per heavy atom. The first-order valence-electron chi connectivity index (χ1n) is 16.0. The first-order valence-corrected chi connectivity index (χ1v) is 16.0. The number of amides is 4. The Bertz CT molecular complexity index is 1710. The van der Waals surface area contributed by atoms with Crippen molar-refractivity contribution in [2.24, 2.45) is 11.8 Å². The zero-order valence-corrected chi connectivity index (χ0v) is 25.7. The van der Waals surface area contributed by atoms with E-state index in [4.69, 9.17) is 0 Å². The third-order valence-corrected chi connectivity index (χ3v) is 10.2. The van der Waals surface area contributed by atoms with E-state index >= 15 is 0 Å². The number of fused-ring (bicyclic) bond motifs is 5. The molecule has 4 aliphatic rings. The highest BCUT2D eigenvalue weighted by molar-refractivity contribution is 6.26. The number of aryl methyl sites for hydroxylation is 2. The molecule has 0 aliphatic carbocycles. The van der Waals surface area contributed by atoms with Crippen LogP contribution in [0.25, 0.3) is 0 Å². The van der Waals surface area contributed by atoms with Gasteiger partial charge in [-0.15, -0.1) is 0 Å². The van der Waals surface area contributed by atoms with Crippen molar-refractivity contribution < 1.29 is 19.2 Å². The molecule has 0 radical (unpaired) electrons. The van der Waals surface area contributed by atoms with Crippen LogP contribution in [0.15, 0.2) is 109 Å². The van der Waals surface area contributed by atoms with E-state index in [9.17, 15) is 19.2 Å². The first-order chi connectivity index (χ1) is 22.4. The van der Waals surface area contributed by atoms with Crippen molar-refractivity contribution in [1.29, 1.82) is 0 Å². The van der Waals surface area contributed by atoms with Crippen molar-refractivity contribution in [3.63, 3.8) is 0 Å². The first kappa shape index (κ1) is 28.5. The van der Waals surface area contributed by atoms with Gasteiger partial charge < -0.3 is 0 Å². The third kappa shape index (κ3) is 4.00. The van der Waals surface area contributed by atoms with Crippen LogP contribution in [0.2, 0.25) is 0 Å². The van der Waals surface area contributed by atoms with Crippen LogP contribution < -0.4 is 9.80 Å². The van der Waals surface area contributed by atoms with E-state index < -0.39 is 36.0 Å². The summed E-state index contributed by atoms with van der Waals surface area (Å²) in [5.74, 6) is -2.81. The Morgan fingerprint density at radius 2 is 0.783 bits per heavy atom. The second kappa shape index (κ2) is 10.9. The monoisotopic (exact) mass is 610 g/mol. The lowest BCUT2D eigenvalue weighted by Gasteiger charge is -2.35. The number of carbonyl (C=O) groups is 4. The molecule has 4 amide bonds. The maximum atomic E-state index is 14.5. The van der Waals surface area contributed by atoms with Crippen molar-refractivity contribution in [3.8, 4) is 0 Å². The summed E-state index contributed by atoms with van der Waals surface area (Å²) in [7, 11) is 0. The molecule has 4 aromatic rings. The van der Waals surface area contributed by atoms with Crippen molar-refractivity contribution in [2.45, 2.75) is 50.9 Å². The van der Waals surface area contributed by atoms with Crippen LogP contribution in [0.3, 0.4) is 0 Å². The number of carbonyl (C=O) groups excluding carboxylic acids is 4. The smallest absolute Gasteiger partial charge is 0.253 e. The number of nitrogens with zero attached hydrogens (tertiary/aromatic N) is 4. The molecule has 0 N–H and O–H groups in total. The molecule has 6 atom stereocenters. The average molecular weight is 611 g/mol. The summed E-state index contributed by atoms with van der Waals surface area (Å²) in [5.41, 5.74) is 4.93. The molecule has 4 saturated heterocycles. The number of hydrogen-bond acceptors (Lipinski definition) is 6. The van der Waals surface area contributed by atoms with Crippen LogP contribution in [0.1, 0.15) is 48.2 Å². The fraction of sp³-hybridized carbons (Fsp3) is 0.263. The molecular weight excluding hydrogens is 576 g/mol. The molecule has 230 valence electrons. The third-order valence-electron chi connectivity index (χ3n) is 10.2. The van der Waals surface area contributed by atoms with Crippen molar-refractivity contribution in [3.05, 3.63) is 131 Å². The standard InChI is InChI=1S/C38H34N4O4/c1-3-23-15-19-27(20-16-23)39-35(43)29-31(25-11-7-5-8-12-25)42-34-30(32(26-13-9-6-10-14-26)41(42)33(29)37(39)45)36(44)40(38(34)46)28-21-17-24(4-2)18-22-28/h5-22,29-34H,3-4H2,1-2H3. The molecule has 6 unspecified atom stereocenters. The Labute approximate surface area is 267 Å². The van der Waals surface area contributed by atoms with E-state index in [1.165, 1.54) is 9.80 Å². The molecule has 4 aromatic carbocycles. The van der Waals surface area contributed by atoms with Crippen LogP contribution in [-0.4, -0.2) is 45.7 Å². The molecule has 46 heavy (non-hydrogen) atoms. The Balaban J connectivity index is 1.29. The quantitative estimate of drug-likeness (QED) is 0.277. The number of imide groups is 2. The normalized spacial score (nSPS) is 27.4. The van der Waals surface area contributed by atoms with E-state index in [2.05, 4.69) is 13.8 Å². The fourth-order valence-corrected chi connectivity index (χ4v) is 8.07. The second-order valence-electron chi connectivity index (χ2n) is 12.5. The molecule has 0 saturated carbocycles. The molecule has 0 bridgehead atoms. The molecule has 8 heteroatoms. The zero-order chi connectivity index (χ0) is 31.7. The maximum absolute atomic E-state index is 14.5. The van der Waals surface area contributed by atoms with Gasteiger partial charge in [0, 0.05) is 0 Å².